The number of piperidine rings is 1. The number of halogens is 2. The molecule has 1 aliphatic rings. The molecule has 1 aliphatic heterocycles. The molecule has 2 aromatic carbocycles. The molecule has 0 atom stereocenters. The van der Waals surface area contributed by atoms with E-state index in [1.807, 2.05) is 37.2 Å². The van der Waals surface area contributed by atoms with Gasteiger partial charge in [0, 0.05) is 38.6 Å². The molecule has 1 aromatic heterocycles. The molecule has 2 heterocycles. The highest BCUT2D eigenvalue weighted by atomic mass is 19.2. The highest BCUT2D eigenvalue weighted by molar-refractivity contribution is 5.90. The third-order valence-corrected chi connectivity index (χ3v) is 5.83. The van der Waals surface area contributed by atoms with Gasteiger partial charge in [-0.05, 0) is 62.1 Å². The molecule has 1 fully saturated rings. The van der Waals surface area contributed by atoms with Crippen molar-refractivity contribution < 1.29 is 8.78 Å². The molecular weight excluding hydrogens is 396 g/mol. The molecule has 164 valence electrons. The van der Waals surface area contributed by atoms with Crippen LogP contribution in [-0.2, 0) is 6.42 Å². The fourth-order valence-corrected chi connectivity index (χ4v) is 4.11. The predicted octanol–water partition coefficient (Wildman–Crippen LogP) is 4.17. The molecule has 0 amide bonds. The van der Waals surface area contributed by atoms with Crippen molar-refractivity contribution in [2.24, 2.45) is 0 Å². The average molecular weight is 426 g/mol. The van der Waals surface area contributed by atoms with Crippen molar-refractivity contribution in [2.45, 2.75) is 31.7 Å². The molecular formula is C24H29F2N5. The Bertz CT molecular complexity index is 1030. The normalized spacial score (nSPS) is 14.9. The van der Waals surface area contributed by atoms with E-state index in [1.165, 1.54) is 12.1 Å². The number of hydrogen-bond acceptors (Lipinski definition) is 5. The van der Waals surface area contributed by atoms with Crippen molar-refractivity contribution >= 4 is 22.7 Å². The van der Waals surface area contributed by atoms with Crippen molar-refractivity contribution in [3.63, 3.8) is 0 Å². The minimum Gasteiger partial charge on any atom is -0.362 e. The van der Waals surface area contributed by atoms with Gasteiger partial charge in [-0.15, -0.1) is 0 Å². The topological polar surface area (TPSA) is 44.3 Å². The molecule has 0 spiro atoms. The summed E-state index contributed by atoms with van der Waals surface area (Å²) in [4.78, 5) is 13.9. The summed E-state index contributed by atoms with van der Waals surface area (Å²) in [7, 11) is 4.02. The van der Waals surface area contributed by atoms with Gasteiger partial charge in [-0.2, -0.15) is 4.98 Å². The van der Waals surface area contributed by atoms with E-state index in [-0.39, 0.29) is 0 Å². The molecule has 0 aliphatic carbocycles. The van der Waals surface area contributed by atoms with Crippen LogP contribution in [0.2, 0.25) is 0 Å². The number of aryl methyl sites for hydroxylation is 1. The zero-order valence-corrected chi connectivity index (χ0v) is 18.1. The molecule has 31 heavy (non-hydrogen) atoms. The lowest BCUT2D eigenvalue weighted by Crippen LogP contribution is -2.43. The lowest BCUT2D eigenvalue weighted by atomic mass is 10.0. The van der Waals surface area contributed by atoms with E-state index in [4.69, 9.17) is 9.97 Å². The minimum atomic E-state index is -0.790. The number of hydrogen-bond donors (Lipinski definition) is 1. The molecule has 4 rings (SSSR count). The van der Waals surface area contributed by atoms with Crippen LogP contribution in [0.15, 0.2) is 42.5 Å². The quantitative estimate of drug-likeness (QED) is 0.576. The van der Waals surface area contributed by atoms with Crippen LogP contribution in [0.5, 0.6) is 0 Å². The monoisotopic (exact) mass is 425 g/mol. The number of para-hydroxylation sites is 1. The number of aromatic nitrogens is 2. The van der Waals surface area contributed by atoms with Crippen LogP contribution in [0, 0.1) is 11.6 Å². The first kappa shape index (κ1) is 21.4. The third kappa shape index (κ3) is 5.10. The second kappa shape index (κ2) is 9.56. The molecule has 1 N–H and O–H groups in total. The highest BCUT2D eigenvalue weighted by Gasteiger charge is 2.22. The Labute approximate surface area is 182 Å². The van der Waals surface area contributed by atoms with Gasteiger partial charge in [0.2, 0.25) is 5.95 Å². The second-order valence-corrected chi connectivity index (χ2v) is 8.33. The molecule has 0 radical (unpaired) electrons. The van der Waals surface area contributed by atoms with Gasteiger partial charge in [0.1, 0.15) is 5.82 Å². The summed E-state index contributed by atoms with van der Waals surface area (Å²) in [5.41, 5.74) is 1.80. The summed E-state index contributed by atoms with van der Waals surface area (Å²) in [6.45, 7) is 2.68. The lowest BCUT2D eigenvalue weighted by molar-refractivity contribution is 0.410. The summed E-state index contributed by atoms with van der Waals surface area (Å²) in [6, 6.07) is 12.7. The largest absolute Gasteiger partial charge is 0.362 e. The minimum absolute atomic E-state index is 0.454. The maximum absolute atomic E-state index is 13.3. The lowest BCUT2D eigenvalue weighted by Gasteiger charge is -2.33. The Morgan fingerprint density at radius 2 is 1.81 bits per heavy atom. The Hall–Kier alpha value is -2.80. The third-order valence-electron chi connectivity index (χ3n) is 5.83. The van der Waals surface area contributed by atoms with Crippen LogP contribution in [-0.4, -0.2) is 49.7 Å². The van der Waals surface area contributed by atoms with Crippen molar-refractivity contribution in [2.75, 3.05) is 43.5 Å². The summed E-state index contributed by atoms with van der Waals surface area (Å²) in [5, 5.41) is 4.67. The zero-order valence-electron chi connectivity index (χ0n) is 18.1. The number of nitrogens with one attached hydrogen (secondary N) is 1. The van der Waals surface area contributed by atoms with E-state index in [1.54, 1.807) is 6.07 Å². The van der Waals surface area contributed by atoms with Crippen LogP contribution >= 0.6 is 0 Å². The number of fused-ring (bicyclic) bond motifs is 1. The molecule has 3 aromatic rings. The summed E-state index contributed by atoms with van der Waals surface area (Å²) < 4.78 is 26.3. The predicted molar refractivity (Wildman–Crippen MR) is 122 cm³/mol. The fourth-order valence-electron chi connectivity index (χ4n) is 4.11. The standard InChI is InChI=1S/C24H29F2N5/c1-30(2)23-19-7-3-4-8-22(19)28-24(29-23)31-14-11-18(12-15-31)27-13-5-6-17-9-10-20(25)21(26)16-17/h3-4,7-10,16,18,27H,5-6,11-15H2,1-2H3. The van der Waals surface area contributed by atoms with Gasteiger partial charge in [-0.25, -0.2) is 13.8 Å². The number of nitrogens with zero attached hydrogens (tertiary/aromatic N) is 4. The van der Waals surface area contributed by atoms with Crippen LogP contribution in [0.25, 0.3) is 10.9 Å². The van der Waals surface area contributed by atoms with E-state index in [0.717, 1.165) is 73.6 Å². The highest BCUT2D eigenvalue weighted by Crippen LogP contribution is 2.26. The van der Waals surface area contributed by atoms with E-state index < -0.39 is 11.6 Å². The van der Waals surface area contributed by atoms with Gasteiger partial charge < -0.3 is 15.1 Å². The van der Waals surface area contributed by atoms with Gasteiger partial charge in [0.05, 0.1) is 5.52 Å². The maximum atomic E-state index is 13.3. The zero-order chi connectivity index (χ0) is 21.8. The van der Waals surface area contributed by atoms with E-state index in [9.17, 15) is 8.78 Å². The number of benzene rings is 2. The molecule has 7 heteroatoms. The van der Waals surface area contributed by atoms with Crippen LogP contribution < -0.4 is 15.1 Å². The molecule has 1 saturated heterocycles. The number of rotatable bonds is 7. The first-order valence-corrected chi connectivity index (χ1v) is 10.9. The molecule has 0 saturated carbocycles. The fraction of sp³-hybridized carbons (Fsp3) is 0.417. The summed E-state index contributed by atoms with van der Waals surface area (Å²) in [6.07, 6.45) is 3.68. The van der Waals surface area contributed by atoms with Gasteiger partial charge in [-0.1, -0.05) is 18.2 Å². The van der Waals surface area contributed by atoms with E-state index in [2.05, 4.69) is 16.3 Å². The first-order valence-electron chi connectivity index (χ1n) is 10.9. The SMILES string of the molecule is CN(C)c1nc(N2CCC(NCCCc3ccc(F)c(F)c3)CC2)nc2ccccc12. The average Bonchev–Trinajstić information content (AvgIpc) is 2.78. The number of anilines is 2. The summed E-state index contributed by atoms with van der Waals surface area (Å²) in [5.74, 6) is 0.171. The second-order valence-electron chi connectivity index (χ2n) is 8.33. The van der Waals surface area contributed by atoms with Gasteiger partial charge in [0.25, 0.3) is 0 Å². The van der Waals surface area contributed by atoms with Crippen LogP contribution in [0.4, 0.5) is 20.5 Å². The first-order chi connectivity index (χ1) is 15.0. The van der Waals surface area contributed by atoms with Crippen LogP contribution in [0.3, 0.4) is 0 Å². The van der Waals surface area contributed by atoms with Crippen LogP contribution in [0.1, 0.15) is 24.8 Å². The van der Waals surface area contributed by atoms with Gasteiger partial charge >= 0.3 is 0 Å². The molecule has 0 unspecified atom stereocenters. The van der Waals surface area contributed by atoms with Gasteiger partial charge in [-0.3, -0.25) is 0 Å². The smallest absolute Gasteiger partial charge is 0.227 e. The van der Waals surface area contributed by atoms with Gasteiger partial charge in [0.15, 0.2) is 11.6 Å². The Morgan fingerprint density at radius 1 is 1.03 bits per heavy atom. The maximum Gasteiger partial charge on any atom is 0.227 e. The molecule has 0 bridgehead atoms. The Kier molecular flexibility index (Phi) is 6.61. The summed E-state index contributed by atoms with van der Waals surface area (Å²) >= 11 is 0. The van der Waals surface area contributed by atoms with E-state index >= 15 is 0 Å². The van der Waals surface area contributed by atoms with Crippen molar-refractivity contribution in [3.05, 3.63) is 59.7 Å². The Morgan fingerprint density at radius 3 is 2.55 bits per heavy atom. The molecule has 5 nitrogen and oxygen atoms in total. The van der Waals surface area contributed by atoms with Crippen molar-refractivity contribution in [1.29, 1.82) is 0 Å². The van der Waals surface area contributed by atoms with Crippen molar-refractivity contribution in [1.82, 2.24) is 15.3 Å². The van der Waals surface area contributed by atoms with Crippen molar-refractivity contribution in [3.8, 4) is 0 Å². The Balaban J connectivity index is 1.29. The van der Waals surface area contributed by atoms with E-state index in [0.29, 0.717) is 6.04 Å².